The summed E-state index contributed by atoms with van der Waals surface area (Å²) in [5, 5.41) is 9.73. The monoisotopic (exact) mass is 339 g/mol. The van der Waals surface area contributed by atoms with Crippen LogP contribution in [0.4, 0.5) is 5.69 Å². The van der Waals surface area contributed by atoms with Gasteiger partial charge in [0, 0.05) is 5.02 Å². The van der Waals surface area contributed by atoms with E-state index in [4.69, 9.17) is 11.6 Å². The Morgan fingerprint density at radius 3 is 2.45 bits per heavy atom. The fraction of sp³-hybridized carbons (Fsp3) is 0.133. The second-order valence-corrected chi connectivity index (χ2v) is 7.07. The predicted octanol–water partition coefficient (Wildman–Crippen LogP) is 3.00. The van der Waals surface area contributed by atoms with Crippen molar-refractivity contribution in [1.82, 2.24) is 0 Å². The molecule has 22 heavy (non-hydrogen) atoms. The Balaban J connectivity index is 2.51. The molecule has 5 nitrogen and oxygen atoms in total. The minimum atomic E-state index is -3.66. The summed E-state index contributed by atoms with van der Waals surface area (Å²) in [5.41, 5.74) is 0.713. The third-order valence-electron chi connectivity index (χ3n) is 3.02. The van der Waals surface area contributed by atoms with E-state index >= 15 is 0 Å². The van der Waals surface area contributed by atoms with Crippen molar-refractivity contribution in [1.29, 1.82) is 0 Å². The Morgan fingerprint density at radius 2 is 1.86 bits per heavy atom. The molecule has 0 aromatic heterocycles. The van der Waals surface area contributed by atoms with Gasteiger partial charge in [-0.05, 0) is 29.8 Å². The second kappa shape index (κ2) is 6.37. The molecule has 0 spiro atoms. The van der Waals surface area contributed by atoms with E-state index in [0.717, 1.165) is 10.6 Å². The van der Waals surface area contributed by atoms with E-state index in [1.807, 2.05) is 0 Å². The Morgan fingerprint density at radius 1 is 1.18 bits per heavy atom. The van der Waals surface area contributed by atoms with Crippen molar-refractivity contribution in [2.45, 2.75) is 6.54 Å². The molecule has 0 bridgehead atoms. The van der Waals surface area contributed by atoms with Gasteiger partial charge in [0.1, 0.15) is 0 Å². The van der Waals surface area contributed by atoms with Crippen molar-refractivity contribution in [3.8, 4) is 0 Å². The van der Waals surface area contributed by atoms with Crippen LogP contribution in [0.15, 0.2) is 48.5 Å². The molecule has 0 aliphatic heterocycles. The van der Waals surface area contributed by atoms with E-state index in [9.17, 15) is 18.3 Å². The molecule has 116 valence electrons. The van der Waals surface area contributed by atoms with E-state index in [-0.39, 0.29) is 17.8 Å². The van der Waals surface area contributed by atoms with Crippen LogP contribution >= 0.6 is 11.6 Å². The highest BCUT2D eigenvalue weighted by Crippen LogP contribution is 2.25. The number of carboxylic acid groups (broad SMARTS) is 1. The summed E-state index contributed by atoms with van der Waals surface area (Å²) in [5.74, 6) is -1.18. The number of carbonyl (C=O) groups is 1. The fourth-order valence-corrected chi connectivity index (χ4v) is 3.17. The van der Waals surface area contributed by atoms with Gasteiger partial charge in [0.05, 0.1) is 24.1 Å². The molecule has 0 aliphatic carbocycles. The van der Waals surface area contributed by atoms with Gasteiger partial charge in [-0.1, -0.05) is 35.9 Å². The number of aromatic carboxylic acids is 1. The standard InChI is InChI=1S/C15H14ClNO4S/c1-22(20,21)17(10-11-5-4-6-12(16)9-11)14-8-3-2-7-13(14)15(18)19/h2-9H,10H2,1H3,(H,18,19). The van der Waals surface area contributed by atoms with E-state index in [0.29, 0.717) is 10.6 Å². The first-order chi connectivity index (χ1) is 10.3. The lowest BCUT2D eigenvalue weighted by Crippen LogP contribution is -2.30. The van der Waals surface area contributed by atoms with Gasteiger partial charge >= 0.3 is 5.97 Å². The fourth-order valence-electron chi connectivity index (χ4n) is 2.05. The highest BCUT2D eigenvalue weighted by molar-refractivity contribution is 7.92. The summed E-state index contributed by atoms with van der Waals surface area (Å²) in [7, 11) is -3.66. The first-order valence-electron chi connectivity index (χ1n) is 6.33. The number of hydrogen-bond donors (Lipinski definition) is 1. The van der Waals surface area contributed by atoms with Crippen LogP contribution in [0.1, 0.15) is 15.9 Å². The second-order valence-electron chi connectivity index (χ2n) is 4.72. The number of anilines is 1. The van der Waals surface area contributed by atoms with E-state index < -0.39 is 16.0 Å². The molecule has 0 radical (unpaired) electrons. The minimum Gasteiger partial charge on any atom is -0.478 e. The lowest BCUT2D eigenvalue weighted by atomic mass is 10.1. The van der Waals surface area contributed by atoms with E-state index in [1.54, 1.807) is 36.4 Å². The number of sulfonamides is 1. The molecular formula is C15H14ClNO4S. The van der Waals surface area contributed by atoms with Gasteiger partial charge in [0.25, 0.3) is 0 Å². The van der Waals surface area contributed by atoms with Crippen LogP contribution in [-0.4, -0.2) is 25.7 Å². The van der Waals surface area contributed by atoms with E-state index in [2.05, 4.69) is 0 Å². The minimum absolute atomic E-state index is 0.00366. The molecule has 0 amide bonds. The number of halogens is 1. The average Bonchev–Trinajstić information content (AvgIpc) is 2.43. The zero-order valence-electron chi connectivity index (χ0n) is 11.7. The highest BCUT2D eigenvalue weighted by Gasteiger charge is 2.23. The summed E-state index contributed by atoms with van der Waals surface area (Å²) < 4.78 is 25.2. The first-order valence-corrected chi connectivity index (χ1v) is 8.56. The Bertz CT molecular complexity index is 805. The topological polar surface area (TPSA) is 74.7 Å². The normalized spacial score (nSPS) is 11.2. The molecule has 7 heteroatoms. The summed E-state index contributed by atoms with van der Waals surface area (Å²) in [6.45, 7) is 0.00366. The van der Waals surface area contributed by atoms with Gasteiger partial charge in [-0.25, -0.2) is 13.2 Å². The van der Waals surface area contributed by atoms with Crippen molar-refractivity contribution in [3.63, 3.8) is 0 Å². The number of para-hydroxylation sites is 1. The summed E-state index contributed by atoms with van der Waals surface area (Å²) >= 11 is 5.91. The molecule has 2 aromatic rings. The zero-order valence-corrected chi connectivity index (χ0v) is 13.3. The molecule has 0 saturated heterocycles. The first kappa shape index (κ1) is 16.3. The lowest BCUT2D eigenvalue weighted by Gasteiger charge is -2.24. The maximum atomic E-state index is 12.1. The van der Waals surface area contributed by atoms with Gasteiger partial charge in [0.15, 0.2) is 0 Å². The molecular weight excluding hydrogens is 326 g/mol. The Kier molecular flexibility index (Phi) is 4.73. The van der Waals surface area contributed by atoms with Crippen LogP contribution in [0.5, 0.6) is 0 Å². The number of carboxylic acids is 1. The largest absolute Gasteiger partial charge is 0.478 e. The maximum Gasteiger partial charge on any atom is 0.337 e. The van der Waals surface area contributed by atoms with Gasteiger partial charge in [-0.3, -0.25) is 4.31 Å². The van der Waals surface area contributed by atoms with Crippen LogP contribution < -0.4 is 4.31 Å². The molecule has 0 saturated carbocycles. The van der Waals surface area contributed by atoms with Gasteiger partial charge in [-0.15, -0.1) is 0 Å². The molecule has 2 rings (SSSR count). The molecule has 0 unspecified atom stereocenters. The van der Waals surface area contributed by atoms with Crippen LogP contribution in [0, 0.1) is 0 Å². The van der Waals surface area contributed by atoms with Crippen molar-refractivity contribution in [2.75, 3.05) is 10.6 Å². The smallest absolute Gasteiger partial charge is 0.337 e. The van der Waals surface area contributed by atoms with E-state index in [1.165, 1.54) is 12.1 Å². The van der Waals surface area contributed by atoms with Gasteiger partial charge in [-0.2, -0.15) is 0 Å². The third-order valence-corrected chi connectivity index (χ3v) is 4.38. The lowest BCUT2D eigenvalue weighted by molar-refractivity contribution is 0.0697. The Labute approximate surface area is 133 Å². The van der Waals surface area contributed by atoms with Crippen LogP contribution in [-0.2, 0) is 16.6 Å². The average molecular weight is 340 g/mol. The molecule has 2 aromatic carbocycles. The number of benzene rings is 2. The highest BCUT2D eigenvalue weighted by atomic mass is 35.5. The SMILES string of the molecule is CS(=O)(=O)N(Cc1cccc(Cl)c1)c1ccccc1C(=O)O. The number of rotatable bonds is 5. The van der Waals surface area contributed by atoms with Crippen LogP contribution in [0.2, 0.25) is 5.02 Å². The summed E-state index contributed by atoms with van der Waals surface area (Å²) in [6.07, 6.45) is 1.04. The van der Waals surface area contributed by atoms with Crippen LogP contribution in [0.3, 0.4) is 0 Å². The molecule has 0 heterocycles. The van der Waals surface area contributed by atoms with Crippen LogP contribution in [0.25, 0.3) is 0 Å². The molecule has 0 aliphatic rings. The predicted molar refractivity (Wildman–Crippen MR) is 85.9 cm³/mol. The molecule has 0 atom stereocenters. The van der Waals surface area contributed by atoms with Crippen molar-refractivity contribution in [2.24, 2.45) is 0 Å². The summed E-state index contributed by atoms with van der Waals surface area (Å²) in [4.78, 5) is 11.3. The Hall–Kier alpha value is -2.05. The number of hydrogen-bond acceptors (Lipinski definition) is 3. The quantitative estimate of drug-likeness (QED) is 0.908. The van der Waals surface area contributed by atoms with Gasteiger partial charge < -0.3 is 5.11 Å². The molecule has 1 N–H and O–H groups in total. The molecule has 0 fully saturated rings. The van der Waals surface area contributed by atoms with Crippen molar-refractivity contribution < 1.29 is 18.3 Å². The van der Waals surface area contributed by atoms with Crippen molar-refractivity contribution in [3.05, 3.63) is 64.7 Å². The number of nitrogens with zero attached hydrogens (tertiary/aromatic N) is 1. The zero-order chi connectivity index (χ0) is 16.3. The maximum absolute atomic E-state index is 12.1. The summed E-state index contributed by atoms with van der Waals surface area (Å²) in [6, 6.07) is 12.7. The van der Waals surface area contributed by atoms with Gasteiger partial charge in [0.2, 0.25) is 10.0 Å². The third kappa shape index (κ3) is 3.78. The van der Waals surface area contributed by atoms with Crippen molar-refractivity contribution >= 4 is 33.3 Å².